The zero-order valence-corrected chi connectivity index (χ0v) is 14.2. The molecule has 0 heterocycles. The van der Waals surface area contributed by atoms with E-state index in [-0.39, 0.29) is 5.91 Å². The SMILES string of the molecule is CCCCCc1ccc(Oc2ccc(C(=O)N(C)C)cc2)cc1. The molecule has 2 aromatic carbocycles. The molecule has 122 valence electrons. The first-order valence-corrected chi connectivity index (χ1v) is 8.18. The van der Waals surface area contributed by atoms with E-state index in [1.54, 1.807) is 31.1 Å². The van der Waals surface area contributed by atoms with E-state index in [2.05, 4.69) is 19.1 Å². The van der Waals surface area contributed by atoms with Crippen LogP contribution in [0.5, 0.6) is 11.5 Å². The molecule has 0 radical (unpaired) electrons. The number of hydrogen-bond donors (Lipinski definition) is 0. The number of hydrogen-bond acceptors (Lipinski definition) is 2. The van der Waals surface area contributed by atoms with Gasteiger partial charge in [0, 0.05) is 19.7 Å². The quantitative estimate of drug-likeness (QED) is 0.680. The lowest BCUT2D eigenvalue weighted by Crippen LogP contribution is -2.21. The molecule has 3 heteroatoms. The highest BCUT2D eigenvalue weighted by atomic mass is 16.5. The van der Waals surface area contributed by atoms with Gasteiger partial charge in [0.1, 0.15) is 11.5 Å². The van der Waals surface area contributed by atoms with Gasteiger partial charge in [-0.3, -0.25) is 4.79 Å². The molecule has 0 bridgehead atoms. The lowest BCUT2D eigenvalue weighted by atomic mass is 10.1. The van der Waals surface area contributed by atoms with Gasteiger partial charge in [-0.05, 0) is 54.8 Å². The molecule has 0 spiro atoms. The van der Waals surface area contributed by atoms with Gasteiger partial charge in [0.15, 0.2) is 0 Å². The van der Waals surface area contributed by atoms with Crippen molar-refractivity contribution < 1.29 is 9.53 Å². The topological polar surface area (TPSA) is 29.5 Å². The van der Waals surface area contributed by atoms with Gasteiger partial charge in [-0.15, -0.1) is 0 Å². The van der Waals surface area contributed by atoms with Crippen molar-refractivity contribution in [1.82, 2.24) is 4.90 Å². The zero-order valence-electron chi connectivity index (χ0n) is 14.2. The summed E-state index contributed by atoms with van der Waals surface area (Å²) < 4.78 is 5.83. The highest BCUT2D eigenvalue weighted by molar-refractivity contribution is 5.93. The highest BCUT2D eigenvalue weighted by Gasteiger charge is 2.07. The molecular formula is C20H25NO2. The Balaban J connectivity index is 1.95. The minimum Gasteiger partial charge on any atom is -0.457 e. The lowest BCUT2D eigenvalue weighted by molar-refractivity contribution is 0.0827. The molecule has 0 fully saturated rings. The number of rotatable bonds is 7. The van der Waals surface area contributed by atoms with E-state index in [1.165, 1.54) is 24.8 Å². The summed E-state index contributed by atoms with van der Waals surface area (Å²) in [6.07, 6.45) is 4.87. The highest BCUT2D eigenvalue weighted by Crippen LogP contribution is 2.23. The van der Waals surface area contributed by atoms with Gasteiger partial charge in [0.25, 0.3) is 5.91 Å². The minimum absolute atomic E-state index is 0.00650. The summed E-state index contributed by atoms with van der Waals surface area (Å²) in [4.78, 5) is 13.4. The van der Waals surface area contributed by atoms with Crippen molar-refractivity contribution in [2.45, 2.75) is 32.6 Å². The minimum atomic E-state index is -0.00650. The first-order chi connectivity index (χ1) is 11.1. The Hall–Kier alpha value is -2.29. The smallest absolute Gasteiger partial charge is 0.253 e. The van der Waals surface area contributed by atoms with E-state index in [1.807, 2.05) is 24.3 Å². The second kappa shape index (κ2) is 8.37. The van der Waals surface area contributed by atoms with E-state index in [0.717, 1.165) is 17.9 Å². The van der Waals surface area contributed by atoms with Crippen molar-refractivity contribution >= 4 is 5.91 Å². The molecule has 0 aliphatic heterocycles. The predicted molar refractivity (Wildman–Crippen MR) is 94.2 cm³/mol. The second-order valence-corrected chi connectivity index (χ2v) is 5.93. The maximum atomic E-state index is 11.8. The molecule has 2 aromatic rings. The van der Waals surface area contributed by atoms with Gasteiger partial charge in [-0.2, -0.15) is 0 Å². The summed E-state index contributed by atoms with van der Waals surface area (Å²) in [5.41, 5.74) is 2.01. The van der Waals surface area contributed by atoms with Crippen molar-refractivity contribution in [3.8, 4) is 11.5 Å². The molecule has 0 atom stereocenters. The third-order valence-electron chi connectivity index (χ3n) is 3.74. The third kappa shape index (κ3) is 5.13. The standard InChI is InChI=1S/C20H25NO2/c1-4-5-6-7-16-8-12-18(13-9-16)23-19-14-10-17(11-15-19)20(22)21(2)3/h8-15H,4-7H2,1-3H3. The number of carbonyl (C=O) groups excluding carboxylic acids is 1. The number of benzene rings is 2. The van der Waals surface area contributed by atoms with Gasteiger partial charge < -0.3 is 9.64 Å². The number of ether oxygens (including phenoxy) is 1. The number of amides is 1. The van der Waals surface area contributed by atoms with Crippen LogP contribution in [0.2, 0.25) is 0 Å². The molecule has 0 aliphatic carbocycles. The van der Waals surface area contributed by atoms with Crippen LogP contribution in [0, 0.1) is 0 Å². The van der Waals surface area contributed by atoms with Crippen LogP contribution in [0.15, 0.2) is 48.5 Å². The van der Waals surface area contributed by atoms with E-state index < -0.39 is 0 Å². The maximum Gasteiger partial charge on any atom is 0.253 e. The third-order valence-corrected chi connectivity index (χ3v) is 3.74. The van der Waals surface area contributed by atoms with Crippen LogP contribution in [0.4, 0.5) is 0 Å². The van der Waals surface area contributed by atoms with E-state index in [4.69, 9.17) is 4.74 Å². The Morgan fingerprint density at radius 2 is 1.48 bits per heavy atom. The van der Waals surface area contributed by atoms with Gasteiger partial charge in [0.05, 0.1) is 0 Å². The normalized spacial score (nSPS) is 10.4. The molecule has 0 N–H and O–H groups in total. The Morgan fingerprint density at radius 3 is 2.00 bits per heavy atom. The number of carbonyl (C=O) groups is 1. The van der Waals surface area contributed by atoms with E-state index in [9.17, 15) is 4.79 Å². The summed E-state index contributed by atoms with van der Waals surface area (Å²) >= 11 is 0. The molecule has 0 saturated carbocycles. The van der Waals surface area contributed by atoms with Gasteiger partial charge in [0.2, 0.25) is 0 Å². The fourth-order valence-electron chi connectivity index (χ4n) is 2.36. The van der Waals surface area contributed by atoms with Crippen LogP contribution in [0.3, 0.4) is 0 Å². The van der Waals surface area contributed by atoms with E-state index >= 15 is 0 Å². The summed E-state index contributed by atoms with van der Waals surface area (Å²) in [7, 11) is 3.49. The molecule has 2 rings (SSSR count). The summed E-state index contributed by atoms with van der Waals surface area (Å²) in [5.74, 6) is 1.54. The van der Waals surface area contributed by atoms with Crippen molar-refractivity contribution in [2.75, 3.05) is 14.1 Å². The predicted octanol–water partition coefficient (Wildman–Crippen LogP) is 4.91. The number of unbranched alkanes of at least 4 members (excludes halogenated alkanes) is 2. The van der Waals surface area contributed by atoms with Gasteiger partial charge >= 0.3 is 0 Å². The fourth-order valence-corrected chi connectivity index (χ4v) is 2.36. The van der Waals surface area contributed by atoms with Crippen molar-refractivity contribution in [3.63, 3.8) is 0 Å². The van der Waals surface area contributed by atoms with Crippen LogP contribution >= 0.6 is 0 Å². The van der Waals surface area contributed by atoms with Gasteiger partial charge in [-0.1, -0.05) is 31.9 Å². The Labute approximate surface area is 138 Å². The number of aryl methyl sites for hydroxylation is 1. The first kappa shape index (κ1) is 17.1. The molecule has 23 heavy (non-hydrogen) atoms. The molecular weight excluding hydrogens is 286 g/mol. The van der Waals surface area contributed by atoms with Crippen LogP contribution in [-0.4, -0.2) is 24.9 Å². The van der Waals surface area contributed by atoms with Crippen LogP contribution in [0.25, 0.3) is 0 Å². The molecule has 0 unspecified atom stereocenters. The van der Waals surface area contributed by atoms with Crippen molar-refractivity contribution in [3.05, 3.63) is 59.7 Å². The molecule has 0 saturated heterocycles. The Morgan fingerprint density at radius 1 is 0.913 bits per heavy atom. The average Bonchev–Trinajstić information content (AvgIpc) is 2.56. The summed E-state index contributed by atoms with van der Waals surface area (Å²) in [6.45, 7) is 2.22. The summed E-state index contributed by atoms with van der Waals surface area (Å²) in [6, 6.07) is 15.5. The second-order valence-electron chi connectivity index (χ2n) is 5.93. The Bertz CT molecular complexity index is 615. The van der Waals surface area contributed by atoms with Crippen LogP contribution < -0.4 is 4.74 Å². The maximum absolute atomic E-state index is 11.8. The monoisotopic (exact) mass is 311 g/mol. The fraction of sp³-hybridized carbons (Fsp3) is 0.350. The first-order valence-electron chi connectivity index (χ1n) is 8.18. The molecule has 0 aliphatic rings. The van der Waals surface area contributed by atoms with Crippen molar-refractivity contribution in [1.29, 1.82) is 0 Å². The molecule has 3 nitrogen and oxygen atoms in total. The number of nitrogens with zero attached hydrogens (tertiary/aromatic N) is 1. The van der Waals surface area contributed by atoms with E-state index in [0.29, 0.717) is 5.56 Å². The van der Waals surface area contributed by atoms with Gasteiger partial charge in [-0.25, -0.2) is 0 Å². The molecule has 1 amide bonds. The summed E-state index contributed by atoms with van der Waals surface area (Å²) in [5, 5.41) is 0. The average molecular weight is 311 g/mol. The van der Waals surface area contributed by atoms with Crippen LogP contribution in [0.1, 0.15) is 42.1 Å². The Kier molecular flexibility index (Phi) is 6.21. The lowest BCUT2D eigenvalue weighted by Gasteiger charge is -2.11. The van der Waals surface area contributed by atoms with Crippen molar-refractivity contribution in [2.24, 2.45) is 0 Å². The zero-order chi connectivity index (χ0) is 16.7. The molecule has 0 aromatic heterocycles. The largest absolute Gasteiger partial charge is 0.457 e. The van der Waals surface area contributed by atoms with Crippen LogP contribution in [-0.2, 0) is 6.42 Å².